The smallest absolute Gasteiger partial charge is 0.341 e. The van der Waals surface area contributed by atoms with Crippen molar-refractivity contribution in [3.8, 4) is 11.5 Å². The van der Waals surface area contributed by atoms with Crippen molar-refractivity contribution >= 4 is 47.2 Å². The quantitative estimate of drug-likeness (QED) is 0.497. The zero-order valence-electron chi connectivity index (χ0n) is 16.3. The Morgan fingerprint density at radius 2 is 1.87 bits per heavy atom. The number of aliphatic carboxylic acids is 1. The van der Waals surface area contributed by atoms with Crippen molar-refractivity contribution in [3.05, 3.63) is 58.6 Å². The average Bonchev–Trinajstić information content (AvgIpc) is 2.71. The van der Waals surface area contributed by atoms with Crippen LogP contribution in [-0.4, -0.2) is 42.1 Å². The van der Waals surface area contributed by atoms with Gasteiger partial charge >= 0.3 is 12.0 Å². The van der Waals surface area contributed by atoms with Crippen LogP contribution in [0.1, 0.15) is 12.5 Å². The van der Waals surface area contributed by atoms with Gasteiger partial charge in [0.1, 0.15) is 5.57 Å². The lowest BCUT2D eigenvalue weighted by molar-refractivity contribution is -0.139. The van der Waals surface area contributed by atoms with Crippen molar-refractivity contribution in [2.24, 2.45) is 0 Å². The summed E-state index contributed by atoms with van der Waals surface area (Å²) < 4.78 is 10.6. The number of carbonyl (C=O) groups excluding carboxylic acids is 3. The summed E-state index contributed by atoms with van der Waals surface area (Å²) in [6.45, 7) is 1.31. The second-order valence-electron chi connectivity index (χ2n) is 6.24. The highest BCUT2D eigenvalue weighted by Gasteiger charge is 2.36. The third-order valence-corrected chi connectivity index (χ3v) is 4.38. The second kappa shape index (κ2) is 9.31. The van der Waals surface area contributed by atoms with Crippen LogP contribution in [0.4, 0.5) is 10.5 Å². The van der Waals surface area contributed by atoms with E-state index in [0.29, 0.717) is 11.3 Å². The van der Waals surface area contributed by atoms with E-state index < -0.39 is 30.4 Å². The Hall–Kier alpha value is -3.85. The molecule has 1 saturated heterocycles. The fourth-order valence-electron chi connectivity index (χ4n) is 2.84. The number of benzene rings is 2. The minimum absolute atomic E-state index is 0.0218. The number of amides is 4. The molecule has 10 heteroatoms. The SMILES string of the molecule is CCOc1cc(/C=C2\C(=O)NC(=O)N(c3ccccc3)C2=O)cc(Cl)c1OCC(=O)O. The normalized spacial score (nSPS) is 15.1. The minimum Gasteiger partial charge on any atom is -0.490 e. The number of rotatable bonds is 7. The standard InChI is InChI=1S/C21H17ClN2O7/c1-2-30-16-10-12(9-15(22)18(16)31-11-17(25)26)8-14-19(27)23-21(29)24(20(14)28)13-6-4-3-5-7-13/h3-10H,2,11H2,1H3,(H,25,26)(H,23,27,29)/b14-8+. The molecule has 2 aromatic rings. The zero-order valence-corrected chi connectivity index (χ0v) is 17.0. The number of urea groups is 1. The number of ether oxygens (including phenoxy) is 2. The molecule has 0 unspecified atom stereocenters. The lowest BCUT2D eigenvalue weighted by atomic mass is 10.1. The number of nitrogens with one attached hydrogen (secondary N) is 1. The number of imide groups is 2. The van der Waals surface area contributed by atoms with Gasteiger partial charge in [-0.05, 0) is 42.8 Å². The maximum absolute atomic E-state index is 12.9. The van der Waals surface area contributed by atoms with Crippen molar-refractivity contribution in [2.45, 2.75) is 6.92 Å². The van der Waals surface area contributed by atoms with Crippen LogP contribution in [0.2, 0.25) is 5.02 Å². The number of carbonyl (C=O) groups is 4. The summed E-state index contributed by atoms with van der Waals surface area (Å²) in [7, 11) is 0. The number of carboxylic acids is 1. The summed E-state index contributed by atoms with van der Waals surface area (Å²) in [5, 5.41) is 11.0. The first-order valence-electron chi connectivity index (χ1n) is 9.09. The zero-order chi connectivity index (χ0) is 22.5. The molecule has 1 aliphatic rings. The molecule has 0 atom stereocenters. The second-order valence-corrected chi connectivity index (χ2v) is 6.65. The van der Waals surface area contributed by atoms with E-state index in [-0.39, 0.29) is 28.7 Å². The number of carboxylic acid groups (broad SMARTS) is 1. The van der Waals surface area contributed by atoms with Crippen molar-refractivity contribution < 1.29 is 33.8 Å². The van der Waals surface area contributed by atoms with Gasteiger partial charge in [-0.25, -0.2) is 14.5 Å². The molecule has 0 aliphatic carbocycles. The van der Waals surface area contributed by atoms with Gasteiger partial charge in [0.05, 0.1) is 17.3 Å². The van der Waals surface area contributed by atoms with E-state index >= 15 is 0 Å². The van der Waals surface area contributed by atoms with E-state index in [2.05, 4.69) is 5.32 Å². The molecule has 2 aromatic carbocycles. The van der Waals surface area contributed by atoms with Crippen molar-refractivity contribution in [2.75, 3.05) is 18.1 Å². The van der Waals surface area contributed by atoms with Crippen molar-refractivity contribution in [1.82, 2.24) is 5.32 Å². The van der Waals surface area contributed by atoms with E-state index in [1.54, 1.807) is 37.3 Å². The number of barbiturate groups is 1. The summed E-state index contributed by atoms with van der Waals surface area (Å²) in [6.07, 6.45) is 1.26. The molecule has 1 fully saturated rings. The van der Waals surface area contributed by atoms with Gasteiger partial charge in [0.2, 0.25) is 0 Å². The third-order valence-electron chi connectivity index (χ3n) is 4.10. The molecule has 1 heterocycles. The maximum atomic E-state index is 12.9. The summed E-state index contributed by atoms with van der Waals surface area (Å²) in [6, 6.07) is 10.1. The third kappa shape index (κ3) is 4.84. The Morgan fingerprint density at radius 1 is 1.16 bits per heavy atom. The highest BCUT2D eigenvalue weighted by atomic mass is 35.5. The molecule has 0 radical (unpaired) electrons. The molecule has 3 rings (SSSR count). The molecular formula is C21H17ClN2O7. The number of para-hydroxylation sites is 1. The van der Waals surface area contributed by atoms with Crippen LogP contribution in [0, 0.1) is 0 Å². The Kier molecular flexibility index (Phi) is 6.56. The van der Waals surface area contributed by atoms with Gasteiger partial charge in [-0.15, -0.1) is 0 Å². The monoisotopic (exact) mass is 444 g/mol. The average molecular weight is 445 g/mol. The van der Waals surface area contributed by atoms with Crippen LogP contribution in [0.3, 0.4) is 0 Å². The summed E-state index contributed by atoms with van der Waals surface area (Å²) in [5.74, 6) is -2.70. The Bertz CT molecular complexity index is 1080. The number of halogens is 1. The molecule has 9 nitrogen and oxygen atoms in total. The van der Waals surface area contributed by atoms with Gasteiger partial charge < -0.3 is 14.6 Å². The van der Waals surface area contributed by atoms with Gasteiger partial charge in [-0.2, -0.15) is 0 Å². The molecule has 31 heavy (non-hydrogen) atoms. The first-order chi connectivity index (χ1) is 14.8. The molecule has 1 aliphatic heterocycles. The van der Waals surface area contributed by atoms with Crippen LogP contribution in [-0.2, 0) is 14.4 Å². The minimum atomic E-state index is -1.19. The van der Waals surface area contributed by atoms with E-state index in [1.807, 2.05) is 0 Å². The lowest BCUT2D eigenvalue weighted by Crippen LogP contribution is -2.54. The largest absolute Gasteiger partial charge is 0.490 e. The van der Waals surface area contributed by atoms with Crippen LogP contribution >= 0.6 is 11.6 Å². The fourth-order valence-corrected chi connectivity index (χ4v) is 3.12. The summed E-state index contributed by atoms with van der Waals surface area (Å²) in [4.78, 5) is 49.1. The van der Waals surface area contributed by atoms with Gasteiger partial charge in [-0.1, -0.05) is 29.8 Å². The molecular weight excluding hydrogens is 428 g/mol. The fraction of sp³-hybridized carbons (Fsp3) is 0.143. The van der Waals surface area contributed by atoms with Crippen molar-refractivity contribution in [3.63, 3.8) is 0 Å². The highest BCUT2D eigenvalue weighted by Crippen LogP contribution is 2.37. The molecule has 0 aromatic heterocycles. The van der Waals surface area contributed by atoms with Crippen LogP contribution in [0.5, 0.6) is 11.5 Å². The van der Waals surface area contributed by atoms with Gasteiger partial charge in [-0.3, -0.25) is 14.9 Å². The van der Waals surface area contributed by atoms with Gasteiger partial charge in [0.25, 0.3) is 11.8 Å². The summed E-state index contributed by atoms with van der Waals surface area (Å²) in [5.41, 5.74) is 0.326. The molecule has 4 amide bonds. The van der Waals surface area contributed by atoms with E-state index in [1.165, 1.54) is 18.2 Å². The topological polar surface area (TPSA) is 122 Å². The van der Waals surface area contributed by atoms with Crippen molar-refractivity contribution in [1.29, 1.82) is 0 Å². The number of hydrogen-bond acceptors (Lipinski definition) is 6. The van der Waals surface area contributed by atoms with Crippen LogP contribution in [0.15, 0.2) is 48.0 Å². The molecule has 0 bridgehead atoms. The highest BCUT2D eigenvalue weighted by molar-refractivity contribution is 6.39. The predicted octanol–water partition coefficient (Wildman–Crippen LogP) is 2.87. The predicted molar refractivity (Wildman–Crippen MR) is 111 cm³/mol. The van der Waals surface area contributed by atoms with Crippen LogP contribution in [0.25, 0.3) is 6.08 Å². The molecule has 0 saturated carbocycles. The molecule has 0 spiro atoms. The number of nitrogens with zero attached hydrogens (tertiary/aromatic N) is 1. The Morgan fingerprint density at radius 3 is 2.52 bits per heavy atom. The van der Waals surface area contributed by atoms with Crippen LogP contribution < -0.4 is 19.7 Å². The maximum Gasteiger partial charge on any atom is 0.341 e. The van der Waals surface area contributed by atoms with Gasteiger partial charge in [0, 0.05) is 0 Å². The molecule has 2 N–H and O–H groups in total. The van der Waals surface area contributed by atoms with E-state index in [4.69, 9.17) is 26.2 Å². The number of hydrogen-bond donors (Lipinski definition) is 2. The summed E-state index contributed by atoms with van der Waals surface area (Å²) >= 11 is 6.21. The number of anilines is 1. The van der Waals surface area contributed by atoms with Gasteiger partial charge in [0.15, 0.2) is 18.1 Å². The Labute approximate surface area is 181 Å². The molecule has 160 valence electrons. The van der Waals surface area contributed by atoms with E-state index in [0.717, 1.165) is 4.90 Å². The Balaban J connectivity index is 2.00. The van der Waals surface area contributed by atoms with E-state index in [9.17, 15) is 19.2 Å². The lowest BCUT2D eigenvalue weighted by Gasteiger charge is -2.26. The first-order valence-corrected chi connectivity index (χ1v) is 9.47. The first kappa shape index (κ1) is 21.8.